The number of nitrogens with zero attached hydrogens (tertiary/aromatic N) is 2. The van der Waals surface area contributed by atoms with Gasteiger partial charge in [0.1, 0.15) is 5.69 Å². The number of carbonyl (C=O) groups excluding carboxylic acids is 2. The van der Waals surface area contributed by atoms with Crippen molar-refractivity contribution in [2.75, 3.05) is 20.3 Å². The number of hydrogen-bond acceptors (Lipinski definition) is 6. The molecule has 3 rings (SSSR count). The van der Waals surface area contributed by atoms with Crippen LogP contribution in [-0.4, -0.2) is 41.7 Å². The molecule has 8 heteroatoms. The second-order valence-corrected chi connectivity index (χ2v) is 7.31. The van der Waals surface area contributed by atoms with E-state index in [1.165, 1.54) is 4.88 Å². The van der Waals surface area contributed by atoms with E-state index in [4.69, 9.17) is 9.47 Å². The lowest BCUT2D eigenvalue weighted by molar-refractivity contribution is -0.130. The number of rotatable bonds is 7. The van der Waals surface area contributed by atoms with E-state index in [-0.39, 0.29) is 0 Å². The molecule has 0 radical (unpaired) electrons. The summed E-state index contributed by atoms with van der Waals surface area (Å²) in [6.07, 6.45) is 0.421. The molecule has 1 N–H and O–H groups in total. The standard InChI is InChI=1S/C19H21N3O4S/c1-12-10-14-16(27-12)11-15(22(14)2)19(24)26-17(13-6-4-5-7-20-13)18(23)21-8-9-25-3/h4-7,10-11,17H,8-9H2,1-3H3,(H,21,23). The molecule has 1 atom stereocenters. The van der Waals surface area contributed by atoms with Crippen LogP contribution < -0.4 is 5.32 Å². The van der Waals surface area contributed by atoms with Gasteiger partial charge in [-0.25, -0.2) is 4.79 Å². The summed E-state index contributed by atoms with van der Waals surface area (Å²) in [4.78, 5) is 30.6. The Bertz CT molecular complexity index is 949. The van der Waals surface area contributed by atoms with Gasteiger partial charge >= 0.3 is 5.97 Å². The highest BCUT2D eigenvalue weighted by Crippen LogP contribution is 2.29. The third-order valence-electron chi connectivity index (χ3n) is 4.09. The van der Waals surface area contributed by atoms with Crippen molar-refractivity contribution in [2.45, 2.75) is 13.0 Å². The number of amides is 1. The van der Waals surface area contributed by atoms with E-state index in [0.717, 1.165) is 10.2 Å². The number of carbonyl (C=O) groups is 2. The molecule has 0 fully saturated rings. The average molecular weight is 387 g/mol. The van der Waals surface area contributed by atoms with Gasteiger partial charge in [-0.2, -0.15) is 0 Å². The largest absolute Gasteiger partial charge is 0.441 e. The molecule has 1 unspecified atom stereocenters. The highest BCUT2D eigenvalue weighted by Gasteiger charge is 2.28. The normalized spacial score (nSPS) is 12.1. The Labute approximate surface area is 160 Å². The van der Waals surface area contributed by atoms with Crippen molar-refractivity contribution in [1.29, 1.82) is 0 Å². The van der Waals surface area contributed by atoms with Gasteiger partial charge in [0.2, 0.25) is 6.10 Å². The maximum Gasteiger partial charge on any atom is 0.356 e. The molecule has 0 aromatic carbocycles. The number of aromatic nitrogens is 2. The van der Waals surface area contributed by atoms with Crippen molar-refractivity contribution in [3.05, 3.63) is 52.8 Å². The summed E-state index contributed by atoms with van der Waals surface area (Å²) in [5.74, 6) is -1.01. The SMILES string of the molecule is COCCNC(=O)C(OC(=O)c1cc2sc(C)cc2n1C)c1ccccn1. The van der Waals surface area contributed by atoms with Crippen molar-refractivity contribution in [2.24, 2.45) is 7.05 Å². The van der Waals surface area contributed by atoms with Crippen LogP contribution >= 0.6 is 11.3 Å². The fraction of sp³-hybridized carbons (Fsp3) is 0.316. The lowest BCUT2D eigenvalue weighted by Gasteiger charge is -2.17. The molecule has 0 bridgehead atoms. The van der Waals surface area contributed by atoms with E-state index in [2.05, 4.69) is 10.3 Å². The van der Waals surface area contributed by atoms with Crippen LogP contribution in [0.3, 0.4) is 0 Å². The number of esters is 1. The first-order valence-electron chi connectivity index (χ1n) is 8.45. The lowest BCUT2D eigenvalue weighted by Crippen LogP contribution is -2.34. The fourth-order valence-corrected chi connectivity index (χ4v) is 3.74. The lowest BCUT2D eigenvalue weighted by atomic mass is 10.2. The number of fused-ring (bicyclic) bond motifs is 1. The highest BCUT2D eigenvalue weighted by molar-refractivity contribution is 7.19. The zero-order valence-electron chi connectivity index (χ0n) is 15.4. The first-order chi connectivity index (χ1) is 13.0. The van der Waals surface area contributed by atoms with Crippen LogP contribution in [0.25, 0.3) is 10.2 Å². The number of nitrogens with one attached hydrogen (secondary N) is 1. The smallest absolute Gasteiger partial charge is 0.356 e. The second-order valence-electron chi connectivity index (χ2n) is 6.02. The molecule has 3 heterocycles. The fourth-order valence-electron chi connectivity index (χ4n) is 2.75. The minimum atomic E-state index is -1.13. The van der Waals surface area contributed by atoms with Crippen LogP contribution in [0.1, 0.15) is 27.2 Å². The third-order valence-corrected chi connectivity index (χ3v) is 5.07. The maximum absolute atomic E-state index is 12.8. The van der Waals surface area contributed by atoms with Crippen molar-refractivity contribution in [3.63, 3.8) is 0 Å². The van der Waals surface area contributed by atoms with Crippen LogP contribution in [0.2, 0.25) is 0 Å². The molecule has 0 saturated heterocycles. The summed E-state index contributed by atoms with van der Waals surface area (Å²) < 4.78 is 13.3. The zero-order chi connectivity index (χ0) is 19.4. The minimum Gasteiger partial charge on any atom is -0.441 e. The van der Waals surface area contributed by atoms with Crippen LogP contribution in [-0.2, 0) is 21.3 Å². The Kier molecular flexibility index (Phi) is 5.88. The molecular weight excluding hydrogens is 366 g/mol. The number of ether oxygens (including phenoxy) is 2. The number of aryl methyl sites for hydroxylation is 2. The highest BCUT2D eigenvalue weighted by atomic mass is 32.1. The van der Waals surface area contributed by atoms with Gasteiger partial charge in [-0.15, -0.1) is 11.3 Å². The van der Waals surface area contributed by atoms with E-state index >= 15 is 0 Å². The van der Waals surface area contributed by atoms with Gasteiger partial charge in [0, 0.05) is 31.8 Å². The van der Waals surface area contributed by atoms with Gasteiger partial charge in [0.25, 0.3) is 5.91 Å². The van der Waals surface area contributed by atoms with E-state index in [1.807, 2.05) is 13.0 Å². The van der Waals surface area contributed by atoms with Crippen molar-refractivity contribution in [1.82, 2.24) is 14.9 Å². The predicted octanol–water partition coefficient (Wildman–Crippen LogP) is 2.60. The average Bonchev–Trinajstić information content (AvgIpc) is 3.17. The maximum atomic E-state index is 12.8. The monoisotopic (exact) mass is 387 g/mol. The minimum absolute atomic E-state index is 0.315. The van der Waals surface area contributed by atoms with Crippen LogP contribution in [0.15, 0.2) is 36.5 Å². The van der Waals surface area contributed by atoms with Crippen molar-refractivity contribution in [3.8, 4) is 0 Å². The van der Waals surface area contributed by atoms with Gasteiger partial charge in [-0.3, -0.25) is 9.78 Å². The van der Waals surface area contributed by atoms with Crippen molar-refractivity contribution >= 4 is 33.4 Å². The Morgan fingerprint density at radius 2 is 2.15 bits per heavy atom. The molecule has 0 saturated carbocycles. The Morgan fingerprint density at radius 1 is 1.33 bits per heavy atom. The number of hydrogen-bond donors (Lipinski definition) is 1. The molecule has 0 spiro atoms. The van der Waals surface area contributed by atoms with Gasteiger partial charge in [0.15, 0.2) is 0 Å². The van der Waals surface area contributed by atoms with Gasteiger partial charge in [-0.05, 0) is 31.2 Å². The quantitative estimate of drug-likeness (QED) is 0.498. The molecule has 0 aliphatic rings. The van der Waals surface area contributed by atoms with Crippen molar-refractivity contribution < 1.29 is 19.1 Å². The molecule has 3 aromatic rings. The van der Waals surface area contributed by atoms with Gasteiger partial charge in [0.05, 0.1) is 22.5 Å². The van der Waals surface area contributed by atoms with E-state index in [0.29, 0.717) is 24.5 Å². The van der Waals surface area contributed by atoms with Crippen LogP contribution in [0.5, 0.6) is 0 Å². The predicted molar refractivity (Wildman–Crippen MR) is 103 cm³/mol. The molecular formula is C19H21N3O4S. The first kappa shape index (κ1) is 19.1. The summed E-state index contributed by atoms with van der Waals surface area (Å²) in [6, 6.07) is 8.94. The molecule has 0 aliphatic heterocycles. The van der Waals surface area contributed by atoms with Gasteiger partial charge in [-0.1, -0.05) is 6.07 Å². The molecule has 27 heavy (non-hydrogen) atoms. The molecule has 142 valence electrons. The Morgan fingerprint density at radius 3 is 2.81 bits per heavy atom. The van der Waals surface area contributed by atoms with Gasteiger partial charge < -0.3 is 19.4 Å². The molecule has 3 aromatic heterocycles. The Hall–Kier alpha value is -2.71. The van der Waals surface area contributed by atoms with Crippen LogP contribution in [0, 0.1) is 6.92 Å². The summed E-state index contributed by atoms with van der Waals surface area (Å²) in [7, 11) is 3.35. The number of methoxy groups -OCH3 is 1. The van der Waals surface area contributed by atoms with Crippen LogP contribution in [0.4, 0.5) is 0 Å². The number of pyridine rings is 1. The summed E-state index contributed by atoms with van der Waals surface area (Å²) >= 11 is 1.61. The number of thiophene rings is 1. The summed E-state index contributed by atoms with van der Waals surface area (Å²) in [5.41, 5.74) is 1.72. The third kappa shape index (κ3) is 4.17. The molecule has 1 amide bonds. The Balaban J connectivity index is 1.83. The molecule has 7 nitrogen and oxygen atoms in total. The van der Waals surface area contributed by atoms with E-state index < -0.39 is 18.0 Å². The second kappa shape index (κ2) is 8.32. The zero-order valence-corrected chi connectivity index (χ0v) is 16.2. The molecule has 0 aliphatic carbocycles. The summed E-state index contributed by atoms with van der Waals surface area (Å²) in [6.45, 7) is 2.70. The van der Waals surface area contributed by atoms with E-state index in [9.17, 15) is 9.59 Å². The van der Waals surface area contributed by atoms with E-state index in [1.54, 1.807) is 60.5 Å². The summed E-state index contributed by atoms with van der Waals surface area (Å²) in [5, 5.41) is 2.70. The first-order valence-corrected chi connectivity index (χ1v) is 9.27. The topological polar surface area (TPSA) is 82.5 Å².